The molecule has 0 aromatic heterocycles. The number of benzene rings is 1. The minimum atomic E-state index is -0.908. The summed E-state index contributed by atoms with van der Waals surface area (Å²) >= 11 is 0. The van der Waals surface area contributed by atoms with E-state index in [1.165, 1.54) is 6.92 Å². The topological polar surface area (TPSA) is 54.4 Å². The highest BCUT2D eigenvalue weighted by atomic mass is 16.4. The number of hydrogen-bond donors (Lipinski definition) is 1. The third-order valence-electron chi connectivity index (χ3n) is 2.21. The zero-order valence-corrected chi connectivity index (χ0v) is 8.64. The molecule has 80 valence electrons. The number of Topliss-reactive ketones (excluding diaryl/α,β-unsaturated/α-hetero) is 1. The Morgan fingerprint density at radius 2 is 1.87 bits per heavy atom. The minimum Gasteiger partial charge on any atom is -0.481 e. The molecule has 0 aliphatic carbocycles. The van der Waals surface area contributed by atoms with E-state index in [0.29, 0.717) is 6.42 Å². The lowest BCUT2D eigenvalue weighted by atomic mass is 9.95. The zero-order chi connectivity index (χ0) is 11.3. The van der Waals surface area contributed by atoms with Crippen LogP contribution in [0.4, 0.5) is 0 Å². The van der Waals surface area contributed by atoms with Crippen LogP contribution in [-0.2, 0) is 16.0 Å². The Hall–Kier alpha value is -1.64. The van der Waals surface area contributed by atoms with Crippen LogP contribution in [0.15, 0.2) is 30.3 Å². The average Bonchev–Trinajstić information content (AvgIpc) is 2.17. The third kappa shape index (κ3) is 3.94. The number of ketones is 1. The molecular formula is C12H14O3. The van der Waals surface area contributed by atoms with Crippen LogP contribution in [-0.4, -0.2) is 16.9 Å². The Morgan fingerprint density at radius 3 is 2.33 bits per heavy atom. The van der Waals surface area contributed by atoms with E-state index in [1.807, 2.05) is 30.3 Å². The molecule has 0 saturated carbocycles. The number of carbonyl (C=O) groups excluding carboxylic acids is 1. The first-order valence-electron chi connectivity index (χ1n) is 4.85. The first-order valence-corrected chi connectivity index (χ1v) is 4.85. The van der Waals surface area contributed by atoms with Crippen molar-refractivity contribution in [1.82, 2.24) is 0 Å². The molecule has 0 bridgehead atoms. The monoisotopic (exact) mass is 206 g/mol. The van der Waals surface area contributed by atoms with E-state index in [0.717, 1.165) is 5.56 Å². The zero-order valence-electron chi connectivity index (χ0n) is 8.64. The van der Waals surface area contributed by atoms with Crippen molar-refractivity contribution in [3.8, 4) is 0 Å². The van der Waals surface area contributed by atoms with Gasteiger partial charge < -0.3 is 9.90 Å². The van der Waals surface area contributed by atoms with Crippen molar-refractivity contribution in [3.63, 3.8) is 0 Å². The van der Waals surface area contributed by atoms with Crippen LogP contribution in [0.25, 0.3) is 0 Å². The fourth-order valence-electron chi connectivity index (χ4n) is 1.49. The van der Waals surface area contributed by atoms with Gasteiger partial charge in [-0.15, -0.1) is 0 Å². The van der Waals surface area contributed by atoms with E-state index in [9.17, 15) is 9.59 Å². The first kappa shape index (κ1) is 11.4. The Bertz CT molecular complexity index is 343. The van der Waals surface area contributed by atoms with E-state index in [4.69, 9.17) is 5.11 Å². The minimum absolute atomic E-state index is 0.0849. The van der Waals surface area contributed by atoms with Gasteiger partial charge in [0.2, 0.25) is 0 Å². The van der Waals surface area contributed by atoms with Gasteiger partial charge in [-0.2, -0.15) is 0 Å². The fraction of sp³-hybridized carbons (Fsp3) is 0.333. The van der Waals surface area contributed by atoms with Crippen molar-refractivity contribution in [1.29, 1.82) is 0 Å². The van der Waals surface area contributed by atoms with Gasteiger partial charge in [-0.3, -0.25) is 4.79 Å². The lowest BCUT2D eigenvalue weighted by molar-refractivity contribution is -0.143. The third-order valence-corrected chi connectivity index (χ3v) is 2.21. The second-order valence-electron chi connectivity index (χ2n) is 3.63. The molecule has 0 fully saturated rings. The SMILES string of the molecule is CC(=O)C[C@H](Cc1ccccc1)C(=O)O. The maximum atomic E-state index is 10.9. The normalized spacial score (nSPS) is 12.1. The molecule has 0 saturated heterocycles. The molecule has 0 unspecified atom stereocenters. The summed E-state index contributed by atoms with van der Waals surface area (Å²) in [5, 5.41) is 8.93. The van der Waals surface area contributed by atoms with Crippen molar-refractivity contribution in [2.75, 3.05) is 0 Å². The van der Waals surface area contributed by atoms with E-state index in [-0.39, 0.29) is 12.2 Å². The van der Waals surface area contributed by atoms with Crippen LogP contribution in [0.3, 0.4) is 0 Å². The molecular weight excluding hydrogens is 192 g/mol. The quantitative estimate of drug-likeness (QED) is 0.800. The molecule has 1 rings (SSSR count). The Labute approximate surface area is 88.7 Å². The molecule has 0 aliphatic rings. The van der Waals surface area contributed by atoms with Crippen molar-refractivity contribution in [2.24, 2.45) is 5.92 Å². The summed E-state index contributed by atoms with van der Waals surface area (Å²) in [6, 6.07) is 9.35. The summed E-state index contributed by atoms with van der Waals surface area (Å²) in [5.74, 6) is -1.60. The second-order valence-corrected chi connectivity index (χ2v) is 3.63. The number of carboxylic acid groups (broad SMARTS) is 1. The molecule has 0 amide bonds. The highest BCUT2D eigenvalue weighted by molar-refractivity contribution is 5.82. The molecule has 0 radical (unpaired) electrons. The van der Waals surface area contributed by atoms with Gasteiger partial charge in [0.05, 0.1) is 5.92 Å². The lowest BCUT2D eigenvalue weighted by Gasteiger charge is -2.09. The van der Waals surface area contributed by atoms with Crippen LogP contribution < -0.4 is 0 Å². The van der Waals surface area contributed by atoms with E-state index >= 15 is 0 Å². The van der Waals surface area contributed by atoms with E-state index in [1.54, 1.807) is 0 Å². The van der Waals surface area contributed by atoms with Gasteiger partial charge >= 0.3 is 5.97 Å². The Morgan fingerprint density at radius 1 is 1.27 bits per heavy atom. The van der Waals surface area contributed by atoms with Crippen LogP contribution >= 0.6 is 0 Å². The summed E-state index contributed by atoms with van der Waals surface area (Å²) in [5.41, 5.74) is 0.950. The summed E-state index contributed by atoms with van der Waals surface area (Å²) in [7, 11) is 0. The Balaban J connectivity index is 2.67. The van der Waals surface area contributed by atoms with Gasteiger partial charge in [0.15, 0.2) is 0 Å². The van der Waals surface area contributed by atoms with Gasteiger partial charge in [0, 0.05) is 6.42 Å². The second kappa shape index (κ2) is 5.29. The van der Waals surface area contributed by atoms with Crippen LogP contribution in [0.5, 0.6) is 0 Å². The van der Waals surface area contributed by atoms with Crippen molar-refractivity contribution < 1.29 is 14.7 Å². The van der Waals surface area contributed by atoms with Crippen molar-refractivity contribution in [3.05, 3.63) is 35.9 Å². The van der Waals surface area contributed by atoms with Crippen molar-refractivity contribution >= 4 is 11.8 Å². The van der Waals surface area contributed by atoms with Crippen LogP contribution in [0, 0.1) is 5.92 Å². The molecule has 0 heterocycles. The summed E-state index contributed by atoms with van der Waals surface area (Å²) < 4.78 is 0. The number of aliphatic carboxylic acids is 1. The molecule has 1 N–H and O–H groups in total. The first-order chi connectivity index (χ1) is 7.09. The molecule has 1 aromatic carbocycles. The van der Waals surface area contributed by atoms with Crippen molar-refractivity contribution in [2.45, 2.75) is 19.8 Å². The van der Waals surface area contributed by atoms with E-state index < -0.39 is 11.9 Å². The van der Waals surface area contributed by atoms with Gasteiger partial charge in [0.25, 0.3) is 0 Å². The summed E-state index contributed by atoms with van der Waals surface area (Å²) in [6.45, 7) is 1.42. The Kier molecular flexibility index (Phi) is 4.03. The van der Waals surface area contributed by atoms with Gasteiger partial charge in [-0.1, -0.05) is 30.3 Å². The largest absolute Gasteiger partial charge is 0.481 e. The van der Waals surface area contributed by atoms with Crippen LogP contribution in [0.1, 0.15) is 18.9 Å². The van der Waals surface area contributed by atoms with Crippen LogP contribution in [0.2, 0.25) is 0 Å². The predicted octanol–water partition coefficient (Wildman–Crippen LogP) is 1.91. The lowest BCUT2D eigenvalue weighted by Crippen LogP contribution is -2.19. The highest BCUT2D eigenvalue weighted by Crippen LogP contribution is 2.13. The molecule has 1 atom stereocenters. The number of carbonyl (C=O) groups is 2. The molecule has 3 nitrogen and oxygen atoms in total. The fourth-order valence-corrected chi connectivity index (χ4v) is 1.49. The number of rotatable bonds is 5. The molecule has 0 aliphatic heterocycles. The van der Waals surface area contributed by atoms with Gasteiger partial charge in [0.1, 0.15) is 5.78 Å². The summed E-state index contributed by atoms with van der Waals surface area (Å²) in [6.07, 6.45) is 0.514. The number of hydrogen-bond acceptors (Lipinski definition) is 2. The van der Waals surface area contributed by atoms with Gasteiger partial charge in [-0.05, 0) is 18.9 Å². The smallest absolute Gasteiger partial charge is 0.307 e. The summed E-state index contributed by atoms with van der Waals surface area (Å²) in [4.78, 5) is 21.8. The average molecular weight is 206 g/mol. The maximum Gasteiger partial charge on any atom is 0.307 e. The predicted molar refractivity (Wildman–Crippen MR) is 56.6 cm³/mol. The van der Waals surface area contributed by atoms with Gasteiger partial charge in [-0.25, -0.2) is 0 Å². The molecule has 15 heavy (non-hydrogen) atoms. The standard InChI is InChI=1S/C12H14O3/c1-9(13)7-11(12(14)15)8-10-5-3-2-4-6-10/h2-6,11H,7-8H2,1H3,(H,14,15)/t11-/m1/s1. The maximum absolute atomic E-state index is 10.9. The molecule has 1 aromatic rings. The molecule has 3 heteroatoms. The number of carboxylic acids is 1. The highest BCUT2D eigenvalue weighted by Gasteiger charge is 2.19. The van der Waals surface area contributed by atoms with E-state index in [2.05, 4.69) is 0 Å². The molecule has 0 spiro atoms.